The predicted octanol–water partition coefficient (Wildman–Crippen LogP) is 0.780. The summed E-state index contributed by atoms with van der Waals surface area (Å²) in [4.78, 5) is 11.9. The van der Waals surface area contributed by atoms with E-state index >= 15 is 0 Å². The van der Waals surface area contributed by atoms with Crippen LogP contribution < -0.4 is 15.4 Å². The van der Waals surface area contributed by atoms with Crippen LogP contribution >= 0.6 is 0 Å². The summed E-state index contributed by atoms with van der Waals surface area (Å²) in [6.07, 6.45) is 0. The number of anilines is 2. The first-order valence-corrected chi connectivity index (χ1v) is 6.39. The number of hydrogen-bond donors (Lipinski definition) is 2. The van der Waals surface area contributed by atoms with Crippen molar-refractivity contribution in [2.24, 2.45) is 0 Å². The molecule has 2 rings (SSSR count). The molecule has 0 fully saturated rings. The van der Waals surface area contributed by atoms with Gasteiger partial charge in [0.05, 0.1) is 0 Å². The van der Waals surface area contributed by atoms with Crippen LogP contribution in [0.3, 0.4) is 0 Å². The molecule has 0 aliphatic carbocycles. The first kappa shape index (κ1) is 11.7. The van der Waals surface area contributed by atoms with Crippen molar-refractivity contribution < 1.29 is 4.79 Å². The van der Waals surface area contributed by atoms with Gasteiger partial charge in [0.2, 0.25) is 0 Å². The monoisotopic (exact) mass is 288 g/mol. The van der Waals surface area contributed by atoms with E-state index in [0.717, 1.165) is 5.69 Å². The first-order valence-electron chi connectivity index (χ1n) is 5.17. The van der Waals surface area contributed by atoms with Crippen molar-refractivity contribution in [3.63, 3.8) is 0 Å². The molecule has 3 nitrogen and oxygen atoms in total. The van der Waals surface area contributed by atoms with Gasteiger partial charge in [-0.25, -0.2) is 0 Å². The molecule has 0 heterocycles. The average Bonchev–Trinajstić information content (AvgIpc) is 2.33. The summed E-state index contributed by atoms with van der Waals surface area (Å²) >= 11 is 1.56. The molecule has 17 heavy (non-hydrogen) atoms. The van der Waals surface area contributed by atoms with Gasteiger partial charge in [0.25, 0.3) is 0 Å². The summed E-state index contributed by atoms with van der Waals surface area (Å²) in [5.74, 6) is -0.126. The molecule has 0 aromatic heterocycles. The summed E-state index contributed by atoms with van der Waals surface area (Å²) in [5, 5.41) is 2.83. The van der Waals surface area contributed by atoms with Crippen molar-refractivity contribution >= 4 is 38.5 Å². The number of nitrogens with one attached hydrogen (secondary N) is 1. The molecule has 2 aromatic carbocycles. The van der Waals surface area contributed by atoms with Gasteiger partial charge in [-0.2, -0.15) is 0 Å². The van der Waals surface area contributed by atoms with Crippen LogP contribution in [-0.2, 0) is 0 Å². The zero-order chi connectivity index (χ0) is 12.3. The second-order valence-electron chi connectivity index (χ2n) is 3.70. The number of carbonyl (C=O) groups excluding carboxylic acids is 1. The molecule has 86 valence electrons. The second-order valence-corrected chi connectivity index (χ2v) is 5.10. The van der Waals surface area contributed by atoms with E-state index in [4.69, 9.17) is 5.73 Å². The van der Waals surface area contributed by atoms with Crippen LogP contribution in [0.5, 0.6) is 0 Å². The van der Waals surface area contributed by atoms with Gasteiger partial charge in [-0.05, 0) is 0 Å². The summed E-state index contributed by atoms with van der Waals surface area (Å²) < 4.78 is 1.22. The number of rotatable bonds is 2. The number of carbonyl (C=O) groups is 1. The molecule has 0 saturated heterocycles. The van der Waals surface area contributed by atoms with Crippen LogP contribution in [0, 0.1) is 0 Å². The third-order valence-electron chi connectivity index (χ3n) is 2.34. The van der Waals surface area contributed by atoms with Gasteiger partial charge in [0.15, 0.2) is 0 Å². The fourth-order valence-corrected chi connectivity index (χ4v) is 1.81. The molecule has 1 atom stereocenters. The van der Waals surface area contributed by atoms with E-state index in [0.29, 0.717) is 11.3 Å². The Kier molecular flexibility index (Phi) is 3.50. The maximum atomic E-state index is 11.9. The van der Waals surface area contributed by atoms with Crippen LogP contribution in [0.1, 0.15) is 10.4 Å². The van der Waals surface area contributed by atoms with Crippen LogP contribution in [0.4, 0.5) is 11.4 Å². The van der Waals surface area contributed by atoms with E-state index < -0.39 is 0 Å². The average molecular weight is 288 g/mol. The Bertz CT molecular complexity index is 520. The van der Waals surface area contributed by atoms with Gasteiger partial charge in [0.1, 0.15) is 0 Å². The quantitative estimate of drug-likeness (QED) is 0.634. The van der Waals surface area contributed by atoms with E-state index in [2.05, 4.69) is 5.32 Å². The Morgan fingerprint density at radius 1 is 1.00 bits per heavy atom. The van der Waals surface area contributed by atoms with E-state index in [1.54, 1.807) is 41.1 Å². The Morgan fingerprint density at radius 3 is 2.18 bits per heavy atom. The summed E-state index contributed by atoms with van der Waals surface area (Å²) in [6.45, 7) is 0. The SMILES string of the molecule is Nc1ccc(C(=O)Nc2ccc([AsH2])cc2)cc1. The number of benzene rings is 2. The normalized spacial score (nSPS) is 9.94. The van der Waals surface area contributed by atoms with Gasteiger partial charge in [-0.1, -0.05) is 0 Å². The van der Waals surface area contributed by atoms with E-state index in [1.807, 2.05) is 24.3 Å². The van der Waals surface area contributed by atoms with Gasteiger partial charge in [-0.15, -0.1) is 0 Å². The van der Waals surface area contributed by atoms with Crippen molar-refractivity contribution in [2.75, 3.05) is 11.1 Å². The fourth-order valence-electron chi connectivity index (χ4n) is 1.40. The molecule has 1 unspecified atom stereocenters. The molecule has 0 aliphatic rings. The van der Waals surface area contributed by atoms with E-state index in [1.165, 1.54) is 4.35 Å². The standard InChI is InChI=1S/C13H13AsN2O/c14-10-3-7-12(8-4-10)16-13(17)9-1-5-11(15)6-2-9/h1-8H,14-15H2,(H,16,17). The van der Waals surface area contributed by atoms with E-state index in [-0.39, 0.29) is 5.91 Å². The van der Waals surface area contributed by atoms with Gasteiger partial charge in [-0.3, -0.25) is 0 Å². The Balaban J connectivity index is 2.11. The molecule has 0 bridgehead atoms. The Labute approximate surface area is 109 Å². The molecule has 0 saturated carbocycles. The Morgan fingerprint density at radius 2 is 1.59 bits per heavy atom. The van der Waals surface area contributed by atoms with E-state index in [9.17, 15) is 4.79 Å². The van der Waals surface area contributed by atoms with Crippen LogP contribution in [0.2, 0.25) is 0 Å². The zero-order valence-corrected chi connectivity index (χ0v) is 11.6. The van der Waals surface area contributed by atoms with Crippen molar-refractivity contribution in [1.29, 1.82) is 0 Å². The fraction of sp³-hybridized carbons (Fsp3) is 0. The van der Waals surface area contributed by atoms with Crippen LogP contribution in [-0.4, -0.2) is 22.8 Å². The molecular formula is C13H13AsN2O. The van der Waals surface area contributed by atoms with Crippen LogP contribution in [0.25, 0.3) is 0 Å². The number of hydrogen-bond acceptors (Lipinski definition) is 2. The number of nitrogens with two attached hydrogens (primary N) is 1. The third-order valence-corrected chi connectivity index (χ3v) is 3.15. The minimum atomic E-state index is -0.126. The topological polar surface area (TPSA) is 55.1 Å². The maximum absolute atomic E-state index is 11.9. The molecule has 2 aromatic rings. The molecule has 4 heteroatoms. The van der Waals surface area contributed by atoms with Crippen molar-refractivity contribution in [3.8, 4) is 0 Å². The van der Waals surface area contributed by atoms with Crippen LogP contribution in [0.15, 0.2) is 48.5 Å². The second kappa shape index (κ2) is 5.07. The minimum absolute atomic E-state index is 0.126. The van der Waals surface area contributed by atoms with Gasteiger partial charge in [0, 0.05) is 0 Å². The van der Waals surface area contributed by atoms with Crippen molar-refractivity contribution in [3.05, 3.63) is 54.1 Å². The first-order chi connectivity index (χ1) is 8.15. The molecular weight excluding hydrogens is 275 g/mol. The predicted molar refractivity (Wildman–Crippen MR) is 73.4 cm³/mol. The molecule has 3 N–H and O–H groups in total. The summed E-state index contributed by atoms with van der Waals surface area (Å²) in [7, 11) is 0. The summed E-state index contributed by atoms with van der Waals surface area (Å²) in [5.41, 5.74) is 7.62. The Hall–Kier alpha value is -1.73. The number of nitrogen functional groups attached to an aromatic ring is 1. The summed E-state index contributed by atoms with van der Waals surface area (Å²) in [6, 6.07) is 14.6. The van der Waals surface area contributed by atoms with Gasteiger partial charge < -0.3 is 0 Å². The molecule has 0 aliphatic heterocycles. The molecule has 0 spiro atoms. The zero-order valence-electron chi connectivity index (χ0n) is 9.18. The van der Waals surface area contributed by atoms with Crippen molar-refractivity contribution in [1.82, 2.24) is 0 Å². The third kappa shape index (κ3) is 3.11. The number of amides is 1. The molecule has 0 radical (unpaired) electrons. The van der Waals surface area contributed by atoms with Gasteiger partial charge >= 0.3 is 108 Å². The van der Waals surface area contributed by atoms with Crippen molar-refractivity contribution in [2.45, 2.75) is 0 Å². The molecule has 1 amide bonds.